The van der Waals surface area contributed by atoms with Crippen LogP contribution in [0.25, 0.3) is 10.1 Å². The van der Waals surface area contributed by atoms with E-state index in [4.69, 9.17) is 25.8 Å². The Hall–Kier alpha value is -3.55. The maximum absolute atomic E-state index is 12.5. The van der Waals surface area contributed by atoms with E-state index in [1.54, 1.807) is 49.6 Å². The van der Waals surface area contributed by atoms with Crippen molar-refractivity contribution in [3.63, 3.8) is 0 Å². The van der Waals surface area contributed by atoms with E-state index in [0.717, 1.165) is 10.1 Å². The highest BCUT2D eigenvalue weighted by molar-refractivity contribution is 7.21. The lowest BCUT2D eigenvalue weighted by Crippen LogP contribution is -2.21. The molecule has 0 saturated carbocycles. The smallest absolute Gasteiger partial charge is 0.350 e. The molecule has 0 aliphatic heterocycles. The summed E-state index contributed by atoms with van der Waals surface area (Å²) in [7, 11) is 1.56. The molecule has 0 aliphatic carbocycles. The van der Waals surface area contributed by atoms with Crippen LogP contribution in [0, 0.1) is 0 Å². The Labute approximate surface area is 193 Å². The number of hydrogen-bond donors (Lipinski definition) is 1. The minimum absolute atomic E-state index is 0.232. The van der Waals surface area contributed by atoms with E-state index in [1.165, 1.54) is 11.3 Å². The zero-order chi connectivity index (χ0) is 22.5. The van der Waals surface area contributed by atoms with E-state index in [9.17, 15) is 9.59 Å². The fourth-order valence-corrected chi connectivity index (χ4v) is 4.39. The minimum atomic E-state index is -0.667. The normalized spacial score (nSPS) is 10.6. The van der Waals surface area contributed by atoms with E-state index < -0.39 is 18.5 Å². The van der Waals surface area contributed by atoms with E-state index >= 15 is 0 Å². The molecule has 6 nitrogen and oxygen atoms in total. The molecule has 3 aromatic carbocycles. The second-order valence-electron chi connectivity index (χ2n) is 6.64. The number of amides is 1. The van der Waals surface area contributed by atoms with Gasteiger partial charge in [0.25, 0.3) is 5.91 Å². The standard InChI is InChI=1S/C24H18ClNO5S/c1-29-16-11-12-17-20(13-16)32-23(22(17)25)24(28)30-14-21(27)26-18-9-5-6-10-19(18)31-15-7-3-2-4-8-15/h2-13H,14H2,1H3,(H,26,27). The molecule has 1 heterocycles. The molecule has 162 valence electrons. The first-order chi connectivity index (χ1) is 15.5. The van der Waals surface area contributed by atoms with Gasteiger partial charge < -0.3 is 19.5 Å². The molecule has 0 spiro atoms. The third-order valence-electron chi connectivity index (χ3n) is 4.49. The second kappa shape index (κ2) is 9.72. The number of thiophene rings is 1. The molecule has 32 heavy (non-hydrogen) atoms. The van der Waals surface area contributed by atoms with Crippen molar-refractivity contribution in [2.45, 2.75) is 0 Å². The van der Waals surface area contributed by atoms with Crippen LogP contribution in [0.3, 0.4) is 0 Å². The number of ether oxygens (including phenoxy) is 3. The molecular weight excluding hydrogens is 450 g/mol. The Morgan fingerprint density at radius 1 is 0.969 bits per heavy atom. The number of halogens is 1. The number of rotatable bonds is 7. The van der Waals surface area contributed by atoms with Crippen molar-refractivity contribution in [3.05, 3.63) is 82.7 Å². The lowest BCUT2D eigenvalue weighted by Gasteiger charge is -2.12. The van der Waals surface area contributed by atoms with Crippen molar-refractivity contribution in [2.24, 2.45) is 0 Å². The van der Waals surface area contributed by atoms with Crippen molar-refractivity contribution in [2.75, 3.05) is 19.0 Å². The highest BCUT2D eigenvalue weighted by Crippen LogP contribution is 2.37. The largest absolute Gasteiger partial charge is 0.497 e. The van der Waals surface area contributed by atoms with Crippen LogP contribution in [0.2, 0.25) is 5.02 Å². The van der Waals surface area contributed by atoms with Crippen LogP contribution in [0.4, 0.5) is 5.69 Å². The van der Waals surface area contributed by atoms with E-state index in [0.29, 0.717) is 28.0 Å². The molecule has 0 bridgehead atoms. The number of carbonyl (C=O) groups excluding carboxylic acids is 2. The quantitative estimate of drug-likeness (QED) is 0.330. The highest BCUT2D eigenvalue weighted by atomic mass is 35.5. The van der Waals surface area contributed by atoms with Gasteiger partial charge in [0.2, 0.25) is 0 Å². The molecule has 0 radical (unpaired) electrons. The van der Waals surface area contributed by atoms with Gasteiger partial charge in [-0.1, -0.05) is 41.9 Å². The Kier molecular flexibility index (Phi) is 6.58. The third kappa shape index (κ3) is 4.85. The van der Waals surface area contributed by atoms with Gasteiger partial charge in [-0.15, -0.1) is 11.3 Å². The molecule has 8 heteroatoms. The van der Waals surface area contributed by atoms with Gasteiger partial charge in [-0.2, -0.15) is 0 Å². The number of benzene rings is 3. The topological polar surface area (TPSA) is 73.9 Å². The lowest BCUT2D eigenvalue weighted by atomic mass is 10.2. The molecule has 0 fully saturated rings. The summed E-state index contributed by atoms with van der Waals surface area (Å²) in [5.74, 6) is 0.600. The summed E-state index contributed by atoms with van der Waals surface area (Å²) in [6.45, 7) is -0.466. The van der Waals surface area contributed by atoms with Gasteiger partial charge in [0, 0.05) is 10.1 Å². The molecule has 0 saturated heterocycles. The number of para-hydroxylation sites is 3. The van der Waals surface area contributed by atoms with Crippen LogP contribution in [-0.2, 0) is 9.53 Å². The van der Waals surface area contributed by atoms with Crippen molar-refractivity contribution < 1.29 is 23.8 Å². The maximum atomic E-state index is 12.5. The average Bonchev–Trinajstić information content (AvgIpc) is 3.15. The van der Waals surface area contributed by atoms with Gasteiger partial charge in [0.1, 0.15) is 16.4 Å². The number of fused-ring (bicyclic) bond motifs is 1. The predicted octanol–water partition coefficient (Wildman–Crippen LogP) is 6.15. The van der Waals surface area contributed by atoms with Crippen molar-refractivity contribution in [3.8, 4) is 17.2 Å². The summed E-state index contributed by atoms with van der Waals surface area (Å²) in [6, 6.07) is 21.5. The van der Waals surface area contributed by atoms with E-state index in [1.807, 2.05) is 30.3 Å². The van der Waals surface area contributed by atoms with Crippen molar-refractivity contribution >= 4 is 50.6 Å². The Bertz CT molecular complexity index is 1270. The van der Waals surface area contributed by atoms with Crippen LogP contribution in [0.1, 0.15) is 9.67 Å². The first kappa shape index (κ1) is 21.7. The lowest BCUT2D eigenvalue weighted by molar-refractivity contribution is -0.119. The monoisotopic (exact) mass is 467 g/mol. The molecule has 0 unspecified atom stereocenters. The SMILES string of the molecule is COc1ccc2c(Cl)c(C(=O)OCC(=O)Nc3ccccc3Oc3ccccc3)sc2c1. The van der Waals surface area contributed by atoms with Gasteiger partial charge in [0.05, 0.1) is 17.8 Å². The van der Waals surface area contributed by atoms with Crippen LogP contribution in [0.5, 0.6) is 17.2 Å². The first-order valence-electron chi connectivity index (χ1n) is 9.60. The van der Waals surface area contributed by atoms with Gasteiger partial charge in [-0.05, 0) is 42.5 Å². The van der Waals surface area contributed by atoms with Crippen LogP contribution >= 0.6 is 22.9 Å². The summed E-state index contributed by atoms with van der Waals surface area (Å²) in [4.78, 5) is 25.2. The average molecular weight is 468 g/mol. The predicted molar refractivity (Wildman–Crippen MR) is 125 cm³/mol. The Morgan fingerprint density at radius 2 is 1.72 bits per heavy atom. The van der Waals surface area contributed by atoms with Crippen LogP contribution in [-0.4, -0.2) is 25.6 Å². The second-order valence-corrected chi connectivity index (χ2v) is 8.07. The maximum Gasteiger partial charge on any atom is 0.350 e. The molecule has 1 N–H and O–H groups in total. The number of carbonyl (C=O) groups is 2. The molecule has 4 rings (SSSR count). The Balaban J connectivity index is 1.41. The van der Waals surface area contributed by atoms with Gasteiger partial charge in [0.15, 0.2) is 12.4 Å². The number of nitrogens with one attached hydrogen (secondary N) is 1. The third-order valence-corrected chi connectivity index (χ3v) is 6.13. The number of anilines is 1. The zero-order valence-electron chi connectivity index (χ0n) is 17.0. The molecule has 1 amide bonds. The summed E-state index contributed by atoms with van der Waals surface area (Å²) in [5, 5.41) is 3.72. The highest BCUT2D eigenvalue weighted by Gasteiger charge is 2.20. The molecule has 4 aromatic rings. The van der Waals surface area contributed by atoms with E-state index in [-0.39, 0.29) is 4.88 Å². The summed E-state index contributed by atoms with van der Waals surface area (Å²) in [5.41, 5.74) is 0.462. The summed E-state index contributed by atoms with van der Waals surface area (Å²) < 4.78 is 17.0. The summed E-state index contributed by atoms with van der Waals surface area (Å²) >= 11 is 7.52. The summed E-state index contributed by atoms with van der Waals surface area (Å²) in [6.07, 6.45) is 0. The van der Waals surface area contributed by atoms with Gasteiger partial charge >= 0.3 is 5.97 Å². The number of methoxy groups -OCH3 is 1. The van der Waals surface area contributed by atoms with Crippen molar-refractivity contribution in [1.29, 1.82) is 0 Å². The van der Waals surface area contributed by atoms with Crippen LogP contribution in [0.15, 0.2) is 72.8 Å². The van der Waals surface area contributed by atoms with Gasteiger partial charge in [-0.3, -0.25) is 4.79 Å². The van der Waals surface area contributed by atoms with Gasteiger partial charge in [-0.25, -0.2) is 4.79 Å². The zero-order valence-corrected chi connectivity index (χ0v) is 18.5. The molecule has 0 aliphatic rings. The Morgan fingerprint density at radius 3 is 2.50 bits per heavy atom. The van der Waals surface area contributed by atoms with E-state index in [2.05, 4.69) is 5.32 Å². The fraction of sp³-hybridized carbons (Fsp3) is 0.0833. The minimum Gasteiger partial charge on any atom is -0.497 e. The molecular formula is C24H18ClNO5S. The fourth-order valence-electron chi connectivity index (χ4n) is 2.96. The van der Waals surface area contributed by atoms with Crippen LogP contribution < -0.4 is 14.8 Å². The first-order valence-corrected chi connectivity index (χ1v) is 10.8. The number of hydrogen-bond acceptors (Lipinski definition) is 6. The molecule has 1 aromatic heterocycles. The van der Waals surface area contributed by atoms with Crippen molar-refractivity contribution in [1.82, 2.24) is 0 Å². The number of esters is 1. The molecule has 0 atom stereocenters.